The Kier molecular flexibility index (Phi) is 4.83. The summed E-state index contributed by atoms with van der Waals surface area (Å²) in [6, 6.07) is 9.13. The van der Waals surface area contributed by atoms with Gasteiger partial charge in [0.2, 0.25) is 0 Å². The van der Waals surface area contributed by atoms with Crippen molar-refractivity contribution >= 4 is 34.1 Å². The van der Waals surface area contributed by atoms with E-state index in [1.807, 2.05) is 31.4 Å². The molecule has 3 aromatic rings. The fraction of sp³-hybridized carbons (Fsp3) is 0.381. The van der Waals surface area contributed by atoms with Gasteiger partial charge < -0.3 is 9.32 Å². The van der Waals surface area contributed by atoms with Gasteiger partial charge in [0.15, 0.2) is 17.3 Å². The number of amides is 1. The van der Waals surface area contributed by atoms with E-state index in [4.69, 9.17) is 4.42 Å². The number of carbonyl (C=O) groups is 2. The summed E-state index contributed by atoms with van der Waals surface area (Å²) in [4.78, 5) is 32.7. The Labute approximate surface area is 162 Å². The number of Topliss-reactive ketones (excluding diaryl/α,β-unsaturated/α-hetero) is 1. The summed E-state index contributed by atoms with van der Waals surface area (Å²) in [5.41, 5.74) is 1.99. The number of fused-ring (bicyclic) bond motifs is 1. The van der Waals surface area contributed by atoms with Crippen LogP contribution in [0.15, 0.2) is 40.1 Å². The summed E-state index contributed by atoms with van der Waals surface area (Å²) in [6.07, 6.45) is 1.68. The van der Waals surface area contributed by atoms with E-state index in [-0.39, 0.29) is 23.5 Å². The van der Waals surface area contributed by atoms with Crippen molar-refractivity contribution in [2.45, 2.75) is 32.6 Å². The van der Waals surface area contributed by atoms with Crippen LogP contribution in [-0.2, 0) is 0 Å². The number of nitrogens with zero attached hydrogens (tertiary/aromatic N) is 2. The van der Waals surface area contributed by atoms with E-state index in [1.165, 1.54) is 11.3 Å². The predicted molar refractivity (Wildman–Crippen MR) is 105 cm³/mol. The zero-order valence-corrected chi connectivity index (χ0v) is 16.3. The van der Waals surface area contributed by atoms with Crippen molar-refractivity contribution in [1.29, 1.82) is 0 Å². The number of piperidine rings is 1. The molecule has 1 saturated heterocycles. The van der Waals surface area contributed by atoms with Gasteiger partial charge in [0, 0.05) is 30.5 Å². The van der Waals surface area contributed by atoms with E-state index in [9.17, 15) is 9.59 Å². The van der Waals surface area contributed by atoms with Crippen LogP contribution in [0.3, 0.4) is 0 Å². The third kappa shape index (κ3) is 3.54. The Morgan fingerprint density at radius 3 is 2.89 bits per heavy atom. The number of likely N-dealkylation sites (tertiary alicyclic amines) is 1. The van der Waals surface area contributed by atoms with Gasteiger partial charge in [0.05, 0.1) is 4.88 Å². The van der Waals surface area contributed by atoms with Crippen molar-refractivity contribution in [2.75, 3.05) is 13.1 Å². The molecule has 1 amide bonds. The van der Waals surface area contributed by atoms with Crippen molar-refractivity contribution < 1.29 is 14.0 Å². The quantitative estimate of drug-likeness (QED) is 0.611. The number of ketones is 1. The number of hydrogen-bond donors (Lipinski definition) is 0. The van der Waals surface area contributed by atoms with E-state index in [1.54, 1.807) is 23.1 Å². The van der Waals surface area contributed by atoms with Gasteiger partial charge in [-0.05, 0) is 42.5 Å². The molecule has 1 aliphatic rings. The van der Waals surface area contributed by atoms with Crippen molar-refractivity contribution in [1.82, 2.24) is 9.88 Å². The van der Waals surface area contributed by atoms with Crippen LogP contribution in [0, 0.1) is 5.92 Å². The normalized spacial score (nSPS) is 17.6. The molecule has 0 bridgehead atoms. The highest BCUT2D eigenvalue weighted by Crippen LogP contribution is 2.26. The van der Waals surface area contributed by atoms with Gasteiger partial charge in [0.25, 0.3) is 5.91 Å². The summed E-state index contributed by atoms with van der Waals surface area (Å²) in [7, 11) is 0. The molecule has 0 saturated carbocycles. The predicted octanol–water partition coefficient (Wildman–Crippen LogP) is 4.75. The number of aromatic nitrogens is 1. The van der Waals surface area contributed by atoms with Gasteiger partial charge in [-0.15, -0.1) is 11.3 Å². The maximum Gasteiger partial charge on any atom is 0.253 e. The molecular formula is C21H22N2O3S. The first-order valence-electron chi connectivity index (χ1n) is 9.30. The minimum Gasteiger partial charge on any atom is -0.440 e. The Hall–Kier alpha value is -2.47. The Bertz CT molecular complexity index is 975. The summed E-state index contributed by atoms with van der Waals surface area (Å²) < 4.78 is 5.72. The largest absolute Gasteiger partial charge is 0.440 e. The Morgan fingerprint density at radius 2 is 2.15 bits per heavy atom. The Balaban J connectivity index is 1.53. The summed E-state index contributed by atoms with van der Waals surface area (Å²) in [6.45, 7) is 5.20. The molecule has 6 heteroatoms. The average Bonchev–Trinajstić information content (AvgIpc) is 3.36. The van der Waals surface area contributed by atoms with Gasteiger partial charge in [-0.25, -0.2) is 4.98 Å². The second-order valence-electron chi connectivity index (χ2n) is 7.32. The molecule has 1 aliphatic heterocycles. The average molecular weight is 382 g/mol. The van der Waals surface area contributed by atoms with E-state index in [2.05, 4.69) is 4.98 Å². The molecule has 0 unspecified atom stereocenters. The molecule has 1 fully saturated rings. The first kappa shape index (κ1) is 17.9. The second kappa shape index (κ2) is 7.27. The van der Waals surface area contributed by atoms with Crippen LogP contribution in [-0.4, -0.2) is 34.7 Å². The number of thiophene rings is 1. The SMILES string of the molecule is CC(C)c1nc2cc(C(=O)N3CCC[C@@H](C(=O)c4cccs4)C3)ccc2o1. The molecule has 0 spiro atoms. The van der Waals surface area contributed by atoms with Crippen LogP contribution in [0.4, 0.5) is 0 Å². The first-order chi connectivity index (χ1) is 13.0. The highest BCUT2D eigenvalue weighted by atomic mass is 32.1. The second-order valence-corrected chi connectivity index (χ2v) is 8.27. The molecule has 3 heterocycles. The molecule has 0 radical (unpaired) electrons. The smallest absolute Gasteiger partial charge is 0.253 e. The van der Waals surface area contributed by atoms with Gasteiger partial charge >= 0.3 is 0 Å². The lowest BCUT2D eigenvalue weighted by Gasteiger charge is -2.32. The van der Waals surface area contributed by atoms with Crippen LogP contribution in [0.2, 0.25) is 0 Å². The van der Waals surface area contributed by atoms with Crippen LogP contribution < -0.4 is 0 Å². The monoisotopic (exact) mass is 382 g/mol. The molecule has 1 atom stereocenters. The summed E-state index contributed by atoms with van der Waals surface area (Å²) in [5, 5.41) is 1.91. The van der Waals surface area contributed by atoms with Gasteiger partial charge in [-0.1, -0.05) is 19.9 Å². The molecule has 140 valence electrons. The van der Waals surface area contributed by atoms with Gasteiger partial charge in [0.1, 0.15) is 5.52 Å². The van der Waals surface area contributed by atoms with Crippen molar-refractivity contribution in [2.24, 2.45) is 5.92 Å². The van der Waals surface area contributed by atoms with E-state index in [0.29, 0.717) is 35.6 Å². The molecule has 1 aromatic carbocycles. The minimum atomic E-state index is -0.121. The molecule has 2 aromatic heterocycles. The molecular weight excluding hydrogens is 360 g/mol. The number of rotatable bonds is 4. The maximum atomic E-state index is 13.0. The zero-order chi connectivity index (χ0) is 19.0. The van der Waals surface area contributed by atoms with Gasteiger partial charge in [-0.3, -0.25) is 9.59 Å². The molecule has 4 rings (SSSR count). The highest BCUT2D eigenvalue weighted by Gasteiger charge is 2.30. The summed E-state index contributed by atoms with van der Waals surface area (Å²) >= 11 is 1.46. The molecule has 0 N–H and O–H groups in total. The third-order valence-corrected chi connectivity index (χ3v) is 5.87. The Morgan fingerprint density at radius 1 is 1.30 bits per heavy atom. The molecule has 27 heavy (non-hydrogen) atoms. The number of hydrogen-bond acceptors (Lipinski definition) is 5. The van der Waals surface area contributed by atoms with Crippen LogP contribution in [0.25, 0.3) is 11.1 Å². The lowest BCUT2D eigenvalue weighted by molar-refractivity contribution is 0.0638. The van der Waals surface area contributed by atoms with E-state index in [0.717, 1.165) is 17.7 Å². The first-order valence-corrected chi connectivity index (χ1v) is 10.2. The lowest BCUT2D eigenvalue weighted by atomic mass is 9.92. The summed E-state index contributed by atoms with van der Waals surface area (Å²) in [5.74, 6) is 0.854. The van der Waals surface area contributed by atoms with E-state index >= 15 is 0 Å². The molecule has 5 nitrogen and oxygen atoms in total. The van der Waals surface area contributed by atoms with Crippen molar-refractivity contribution in [3.8, 4) is 0 Å². The van der Waals surface area contributed by atoms with Crippen LogP contribution in [0.5, 0.6) is 0 Å². The third-order valence-electron chi connectivity index (χ3n) is 4.99. The van der Waals surface area contributed by atoms with Crippen molar-refractivity contribution in [3.05, 3.63) is 52.0 Å². The number of oxazole rings is 1. The standard InChI is InChI=1S/C21H22N2O3S/c1-13(2)20-22-16-11-14(7-8-17(16)26-20)21(25)23-9-3-5-15(12-23)19(24)18-6-4-10-27-18/h4,6-8,10-11,13,15H,3,5,9,12H2,1-2H3/t15-/m1/s1. The fourth-order valence-electron chi connectivity index (χ4n) is 3.50. The minimum absolute atomic E-state index is 0.0466. The highest BCUT2D eigenvalue weighted by molar-refractivity contribution is 7.12. The lowest BCUT2D eigenvalue weighted by Crippen LogP contribution is -2.42. The maximum absolute atomic E-state index is 13.0. The fourth-order valence-corrected chi connectivity index (χ4v) is 4.25. The van der Waals surface area contributed by atoms with Crippen molar-refractivity contribution in [3.63, 3.8) is 0 Å². The number of benzene rings is 1. The van der Waals surface area contributed by atoms with Crippen LogP contribution in [0.1, 0.15) is 58.5 Å². The van der Waals surface area contributed by atoms with Gasteiger partial charge in [-0.2, -0.15) is 0 Å². The van der Waals surface area contributed by atoms with Crippen LogP contribution >= 0.6 is 11.3 Å². The zero-order valence-electron chi connectivity index (χ0n) is 15.5. The van der Waals surface area contributed by atoms with E-state index < -0.39 is 0 Å². The number of carbonyl (C=O) groups excluding carboxylic acids is 2. The molecule has 0 aliphatic carbocycles. The topological polar surface area (TPSA) is 63.4 Å².